The van der Waals surface area contributed by atoms with E-state index in [1.807, 2.05) is 13.0 Å². The maximum absolute atomic E-state index is 13.6. The maximum Gasteiger partial charge on any atom is 0.407 e. The molecule has 0 bridgehead atoms. The lowest BCUT2D eigenvalue weighted by molar-refractivity contribution is -0.136. The van der Waals surface area contributed by atoms with Gasteiger partial charge >= 0.3 is 6.18 Å². The summed E-state index contributed by atoms with van der Waals surface area (Å²) < 4.78 is 41.9. The van der Waals surface area contributed by atoms with E-state index in [4.69, 9.17) is 11.7 Å². The molecule has 0 saturated heterocycles. The Morgan fingerprint density at radius 2 is 1.73 bits per heavy atom. The van der Waals surface area contributed by atoms with Crippen LogP contribution in [0, 0.1) is 13.5 Å². The second kappa shape index (κ2) is 8.56. The molecule has 154 valence electrons. The van der Waals surface area contributed by atoms with E-state index in [1.54, 1.807) is 42.5 Å². The Hall–Kier alpha value is -3.37. The number of rotatable bonds is 5. The Kier molecular flexibility index (Phi) is 6.09. The van der Waals surface area contributed by atoms with Gasteiger partial charge < -0.3 is 9.67 Å². The fraction of sp³-hybridized carbons (Fsp3) is 0.217. The van der Waals surface area contributed by atoms with E-state index in [1.165, 1.54) is 4.57 Å². The number of aryl methyl sites for hydroxylation is 1. The van der Waals surface area contributed by atoms with Crippen LogP contribution in [0.15, 0.2) is 59.4 Å². The summed E-state index contributed by atoms with van der Waals surface area (Å²) in [5, 5.41) is 9.03. The van der Waals surface area contributed by atoms with Gasteiger partial charge in [-0.3, -0.25) is 4.79 Å². The average Bonchev–Trinajstić information content (AvgIpc) is 2.70. The van der Waals surface area contributed by atoms with Gasteiger partial charge in [0.15, 0.2) is 0 Å². The summed E-state index contributed by atoms with van der Waals surface area (Å²) in [6.45, 7) is 8.98. The minimum absolute atomic E-state index is 0.00355. The molecule has 7 heteroatoms. The first kappa shape index (κ1) is 21.3. The molecular formula is C23H19F3N2O2. The van der Waals surface area contributed by atoms with Gasteiger partial charge in [-0.15, -0.1) is 0 Å². The number of benzene rings is 2. The Morgan fingerprint density at radius 3 is 2.30 bits per heavy atom. The highest BCUT2D eigenvalue weighted by molar-refractivity contribution is 5.66. The second-order valence-corrected chi connectivity index (χ2v) is 6.95. The van der Waals surface area contributed by atoms with Gasteiger partial charge in [0.25, 0.3) is 11.2 Å². The monoisotopic (exact) mass is 412 g/mol. The molecule has 0 fully saturated rings. The van der Waals surface area contributed by atoms with Gasteiger partial charge in [0.05, 0.1) is 12.1 Å². The third-order valence-corrected chi connectivity index (χ3v) is 4.77. The van der Waals surface area contributed by atoms with E-state index in [0.717, 1.165) is 17.2 Å². The fourth-order valence-electron chi connectivity index (χ4n) is 3.28. The predicted octanol–water partition coefficient (Wildman–Crippen LogP) is 4.98. The number of aromatic nitrogens is 1. The van der Waals surface area contributed by atoms with Crippen molar-refractivity contribution in [2.45, 2.75) is 26.1 Å². The van der Waals surface area contributed by atoms with E-state index in [2.05, 4.69) is 4.85 Å². The highest BCUT2D eigenvalue weighted by Crippen LogP contribution is 2.37. The highest BCUT2D eigenvalue weighted by Gasteiger charge is 2.36. The number of halogens is 3. The number of aliphatic hydroxyl groups is 1. The zero-order valence-corrected chi connectivity index (χ0v) is 16.2. The molecule has 1 aromatic heterocycles. The molecule has 4 nitrogen and oxygen atoms in total. The van der Waals surface area contributed by atoms with Gasteiger partial charge in [-0.1, -0.05) is 48.0 Å². The van der Waals surface area contributed by atoms with Crippen LogP contribution in [0.2, 0.25) is 0 Å². The zero-order valence-electron chi connectivity index (χ0n) is 16.2. The summed E-state index contributed by atoms with van der Waals surface area (Å²) in [6, 6.07) is 14.8. The molecular weight excluding hydrogens is 393 g/mol. The largest absolute Gasteiger partial charge is 0.407 e. The van der Waals surface area contributed by atoms with E-state index in [-0.39, 0.29) is 18.8 Å². The van der Waals surface area contributed by atoms with Crippen molar-refractivity contribution in [3.63, 3.8) is 0 Å². The van der Waals surface area contributed by atoms with Crippen molar-refractivity contribution < 1.29 is 18.3 Å². The number of pyridine rings is 1. The molecule has 1 heterocycles. The summed E-state index contributed by atoms with van der Waals surface area (Å²) in [5.74, 6) is 0. The van der Waals surface area contributed by atoms with Gasteiger partial charge in [-0.25, -0.2) is 4.85 Å². The Morgan fingerprint density at radius 1 is 1.07 bits per heavy atom. The molecule has 3 rings (SSSR count). The first-order valence-corrected chi connectivity index (χ1v) is 9.23. The van der Waals surface area contributed by atoms with Crippen LogP contribution in [-0.4, -0.2) is 16.3 Å². The summed E-state index contributed by atoms with van der Waals surface area (Å²) in [7, 11) is 0. The normalized spacial score (nSPS) is 11.3. The highest BCUT2D eigenvalue weighted by atomic mass is 19.4. The van der Waals surface area contributed by atoms with Crippen LogP contribution in [0.3, 0.4) is 0 Å². The topological polar surface area (TPSA) is 46.6 Å². The van der Waals surface area contributed by atoms with Crippen LogP contribution < -0.4 is 5.56 Å². The Bertz CT molecular complexity index is 1160. The third kappa shape index (κ3) is 4.44. The molecule has 0 unspecified atom stereocenters. The molecule has 1 N–H and O–H groups in total. The zero-order chi connectivity index (χ0) is 21.9. The number of hydrogen-bond acceptors (Lipinski definition) is 2. The molecule has 0 saturated carbocycles. The van der Waals surface area contributed by atoms with Crippen molar-refractivity contribution in [2.24, 2.45) is 0 Å². The SMILES string of the molecule is [C-]#[N+]c1c(C(F)(F)F)cc(-c2cccc(C)c2)n(Cc2ccc(CCO)cc2)c1=O. The van der Waals surface area contributed by atoms with Crippen LogP contribution in [0.5, 0.6) is 0 Å². The van der Waals surface area contributed by atoms with Gasteiger partial charge in [0.1, 0.15) is 0 Å². The van der Waals surface area contributed by atoms with Gasteiger partial charge in [-0.2, -0.15) is 13.2 Å². The molecule has 30 heavy (non-hydrogen) atoms. The fourth-order valence-corrected chi connectivity index (χ4v) is 3.28. The lowest BCUT2D eigenvalue weighted by atomic mass is 10.0. The molecule has 2 aromatic carbocycles. The number of aliphatic hydroxyl groups excluding tert-OH is 1. The van der Waals surface area contributed by atoms with Gasteiger partial charge in [-0.05, 0) is 42.2 Å². The van der Waals surface area contributed by atoms with E-state index >= 15 is 0 Å². The van der Waals surface area contributed by atoms with Crippen molar-refractivity contribution in [1.29, 1.82) is 0 Å². The number of alkyl halides is 3. The van der Waals surface area contributed by atoms with Crippen molar-refractivity contribution >= 4 is 5.69 Å². The molecule has 0 aliphatic rings. The number of hydrogen-bond donors (Lipinski definition) is 1. The predicted molar refractivity (Wildman–Crippen MR) is 108 cm³/mol. The van der Waals surface area contributed by atoms with Crippen molar-refractivity contribution in [1.82, 2.24) is 4.57 Å². The minimum atomic E-state index is -4.82. The smallest absolute Gasteiger partial charge is 0.396 e. The quantitative estimate of drug-likeness (QED) is 0.601. The standard InChI is InChI=1S/C23H19F3N2O2/c1-15-4-3-5-18(12-15)20-13-19(23(24,25)26)21(27-2)22(30)28(20)14-17-8-6-16(7-9-17)10-11-29/h3-9,12-13,29H,10-11,14H2,1H3. The van der Waals surface area contributed by atoms with E-state index in [9.17, 15) is 18.0 Å². The van der Waals surface area contributed by atoms with E-state index in [0.29, 0.717) is 17.5 Å². The molecule has 3 aromatic rings. The average molecular weight is 412 g/mol. The second-order valence-electron chi connectivity index (χ2n) is 6.95. The maximum atomic E-state index is 13.6. The summed E-state index contributed by atoms with van der Waals surface area (Å²) in [5.41, 5.74) is -0.137. The summed E-state index contributed by atoms with van der Waals surface area (Å²) in [6.07, 6.45) is -4.33. The lowest BCUT2D eigenvalue weighted by Crippen LogP contribution is -2.25. The molecule has 0 aliphatic carbocycles. The Balaban J connectivity index is 2.22. The van der Waals surface area contributed by atoms with Crippen molar-refractivity contribution in [3.05, 3.63) is 98.6 Å². The lowest BCUT2D eigenvalue weighted by Gasteiger charge is -2.18. The molecule has 0 atom stereocenters. The van der Waals surface area contributed by atoms with Gasteiger partial charge in [0, 0.05) is 18.8 Å². The number of nitrogens with zero attached hydrogens (tertiary/aromatic N) is 2. The molecule has 0 radical (unpaired) electrons. The Labute approximate surface area is 171 Å². The van der Waals surface area contributed by atoms with E-state index < -0.39 is 23.0 Å². The summed E-state index contributed by atoms with van der Waals surface area (Å²) >= 11 is 0. The minimum Gasteiger partial charge on any atom is -0.396 e. The molecule has 0 spiro atoms. The van der Waals surface area contributed by atoms with Crippen LogP contribution in [-0.2, 0) is 19.1 Å². The van der Waals surface area contributed by atoms with Crippen molar-refractivity contribution in [3.8, 4) is 11.3 Å². The first-order valence-electron chi connectivity index (χ1n) is 9.23. The summed E-state index contributed by atoms with van der Waals surface area (Å²) in [4.78, 5) is 15.8. The van der Waals surface area contributed by atoms with Crippen molar-refractivity contribution in [2.75, 3.05) is 6.61 Å². The van der Waals surface area contributed by atoms with Crippen LogP contribution in [0.1, 0.15) is 22.3 Å². The third-order valence-electron chi connectivity index (χ3n) is 4.77. The molecule has 0 amide bonds. The van der Waals surface area contributed by atoms with Crippen LogP contribution >= 0.6 is 0 Å². The van der Waals surface area contributed by atoms with Crippen LogP contribution in [0.4, 0.5) is 18.9 Å². The first-order chi connectivity index (χ1) is 14.2. The molecule has 0 aliphatic heterocycles. The van der Waals surface area contributed by atoms with Gasteiger partial charge in [0.2, 0.25) is 0 Å². The van der Waals surface area contributed by atoms with Crippen LogP contribution in [0.25, 0.3) is 16.1 Å².